The van der Waals surface area contributed by atoms with Gasteiger partial charge in [-0.1, -0.05) is 34.1 Å². The normalized spacial score (nSPS) is 18.7. The summed E-state index contributed by atoms with van der Waals surface area (Å²) in [5.41, 5.74) is 1.89. The quantitative estimate of drug-likeness (QED) is 0.632. The Hall–Kier alpha value is -1.36. The summed E-state index contributed by atoms with van der Waals surface area (Å²) in [6.07, 6.45) is 1.55. The summed E-state index contributed by atoms with van der Waals surface area (Å²) < 4.78 is 4.94. The fourth-order valence-corrected chi connectivity index (χ4v) is 2.65. The highest BCUT2D eigenvalue weighted by molar-refractivity contribution is 9.10. The Balaban J connectivity index is 2.31. The number of nitrogens with zero attached hydrogens (tertiary/aromatic N) is 1. The van der Waals surface area contributed by atoms with E-state index in [1.807, 2.05) is 24.3 Å². The molecule has 0 spiro atoms. The molecule has 0 radical (unpaired) electrons. The highest BCUT2D eigenvalue weighted by Gasteiger charge is 2.30. The molecule has 1 aliphatic heterocycles. The number of hydrogen-bond donors (Lipinski definition) is 0. The lowest BCUT2D eigenvalue weighted by molar-refractivity contribution is -0.142. The third-order valence-corrected chi connectivity index (χ3v) is 3.93. The van der Waals surface area contributed by atoms with Crippen molar-refractivity contribution in [3.63, 3.8) is 0 Å². The maximum Gasteiger partial charge on any atom is 0.326 e. The number of carbonyl (C=O) groups excluding carboxylic acids is 2. The van der Waals surface area contributed by atoms with Crippen molar-refractivity contribution < 1.29 is 14.3 Å². The van der Waals surface area contributed by atoms with Crippen LogP contribution in [0.25, 0.3) is 0 Å². The summed E-state index contributed by atoms with van der Waals surface area (Å²) >= 11 is 3.39. The molecule has 0 saturated carbocycles. The molecule has 1 aliphatic rings. The Morgan fingerprint density at radius 2 is 2.21 bits per heavy atom. The molecule has 1 aromatic carbocycles. The van der Waals surface area contributed by atoms with Crippen LogP contribution in [0.1, 0.15) is 18.9 Å². The fraction of sp³-hybridized carbons (Fsp3) is 0.429. The number of aryl methyl sites for hydroxylation is 1. The second kappa shape index (κ2) is 6.19. The first-order chi connectivity index (χ1) is 9.13. The lowest BCUT2D eigenvalue weighted by atomic mass is 10.1. The molecule has 0 N–H and O–H groups in total. The molecule has 2 rings (SSSR count). The van der Waals surface area contributed by atoms with E-state index in [4.69, 9.17) is 4.74 Å². The van der Waals surface area contributed by atoms with Gasteiger partial charge in [-0.25, -0.2) is 0 Å². The second-order valence-electron chi connectivity index (χ2n) is 4.36. The van der Waals surface area contributed by atoms with Crippen molar-refractivity contribution in [2.75, 3.05) is 18.1 Å². The Kier molecular flexibility index (Phi) is 4.58. The van der Waals surface area contributed by atoms with Gasteiger partial charge in [0.1, 0.15) is 6.54 Å². The number of para-hydroxylation sites is 1. The van der Waals surface area contributed by atoms with E-state index < -0.39 is 0 Å². The first-order valence-corrected chi connectivity index (χ1v) is 7.24. The molecule has 5 heteroatoms. The smallest absolute Gasteiger partial charge is 0.326 e. The van der Waals surface area contributed by atoms with Crippen LogP contribution in [0.4, 0.5) is 5.69 Å². The van der Waals surface area contributed by atoms with Gasteiger partial charge in [-0.05, 0) is 31.4 Å². The SMILES string of the molecule is CCOC(=O)CN1C(=O)C(Br)CCc2ccccc21. The molecule has 1 heterocycles. The van der Waals surface area contributed by atoms with Crippen LogP contribution in [0.15, 0.2) is 24.3 Å². The first-order valence-electron chi connectivity index (χ1n) is 6.32. The van der Waals surface area contributed by atoms with Crippen molar-refractivity contribution >= 4 is 33.5 Å². The Morgan fingerprint density at radius 3 is 2.95 bits per heavy atom. The number of halogens is 1. The molecule has 1 atom stereocenters. The van der Waals surface area contributed by atoms with E-state index in [1.165, 1.54) is 4.90 Å². The van der Waals surface area contributed by atoms with Crippen molar-refractivity contribution in [3.05, 3.63) is 29.8 Å². The number of hydrogen-bond acceptors (Lipinski definition) is 3. The standard InChI is InChI=1S/C14H16BrNO3/c1-2-19-13(17)9-16-12-6-4-3-5-10(12)7-8-11(15)14(16)18/h3-6,11H,2,7-9H2,1H3. The van der Waals surface area contributed by atoms with E-state index in [1.54, 1.807) is 6.92 Å². The molecule has 4 nitrogen and oxygen atoms in total. The maximum atomic E-state index is 12.3. The average Bonchev–Trinajstić information content (AvgIpc) is 2.52. The van der Waals surface area contributed by atoms with Crippen molar-refractivity contribution in [2.45, 2.75) is 24.6 Å². The molecule has 19 heavy (non-hydrogen) atoms. The summed E-state index contributed by atoms with van der Waals surface area (Å²) in [5, 5.41) is 0. The van der Waals surface area contributed by atoms with Gasteiger partial charge < -0.3 is 4.74 Å². The molecule has 0 saturated heterocycles. The molecule has 1 aromatic rings. The van der Waals surface area contributed by atoms with Gasteiger partial charge in [0.2, 0.25) is 5.91 Å². The van der Waals surface area contributed by atoms with Crippen molar-refractivity contribution in [2.24, 2.45) is 0 Å². The Morgan fingerprint density at radius 1 is 1.47 bits per heavy atom. The molecule has 0 bridgehead atoms. The van der Waals surface area contributed by atoms with Crippen LogP contribution in [0.3, 0.4) is 0 Å². The van der Waals surface area contributed by atoms with Crippen LogP contribution in [0.5, 0.6) is 0 Å². The third-order valence-electron chi connectivity index (χ3n) is 3.08. The number of alkyl halides is 1. The summed E-state index contributed by atoms with van der Waals surface area (Å²) in [6.45, 7) is 2.04. The van der Waals surface area contributed by atoms with Crippen LogP contribution in [-0.2, 0) is 20.7 Å². The van der Waals surface area contributed by atoms with Gasteiger partial charge in [-0.15, -0.1) is 0 Å². The van der Waals surface area contributed by atoms with Gasteiger partial charge in [-0.2, -0.15) is 0 Å². The lowest BCUT2D eigenvalue weighted by Gasteiger charge is -2.23. The number of ether oxygens (including phenoxy) is 1. The largest absolute Gasteiger partial charge is 0.465 e. The van der Waals surface area contributed by atoms with E-state index >= 15 is 0 Å². The van der Waals surface area contributed by atoms with Crippen molar-refractivity contribution in [1.29, 1.82) is 0 Å². The van der Waals surface area contributed by atoms with Gasteiger partial charge in [-0.3, -0.25) is 14.5 Å². The molecule has 1 unspecified atom stereocenters. The second-order valence-corrected chi connectivity index (χ2v) is 5.47. The van der Waals surface area contributed by atoms with Gasteiger partial charge in [0.05, 0.1) is 11.4 Å². The third kappa shape index (κ3) is 3.15. The van der Waals surface area contributed by atoms with E-state index in [0.717, 1.165) is 24.1 Å². The Bertz CT molecular complexity index is 489. The van der Waals surface area contributed by atoms with Crippen LogP contribution < -0.4 is 4.90 Å². The molecule has 1 amide bonds. The molecular formula is C14H16BrNO3. The van der Waals surface area contributed by atoms with Crippen molar-refractivity contribution in [1.82, 2.24) is 0 Å². The molecule has 0 aliphatic carbocycles. The summed E-state index contributed by atoms with van der Waals surface area (Å²) in [7, 11) is 0. The van der Waals surface area contributed by atoms with Crippen molar-refractivity contribution in [3.8, 4) is 0 Å². The maximum absolute atomic E-state index is 12.3. The fourth-order valence-electron chi connectivity index (χ4n) is 2.18. The zero-order valence-corrected chi connectivity index (χ0v) is 12.4. The number of esters is 1. The van der Waals surface area contributed by atoms with E-state index in [9.17, 15) is 9.59 Å². The minimum Gasteiger partial charge on any atom is -0.465 e. The number of fused-ring (bicyclic) bond motifs is 1. The minimum atomic E-state index is -0.382. The van der Waals surface area contributed by atoms with Gasteiger partial charge in [0.25, 0.3) is 0 Å². The number of rotatable bonds is 3. The van der Waals surface area contributed by atoms with Gasteiger partial charge in [0.15, 0.2) is 0 Å². The molecular weight excluding hydrogens is 310 g/mol. The highest BCUT2D eigenvalue weighted by Crippen LogP contribution is 2.29. The topological polar surface area (TPSA) is 46.6 Å². The minimum absolute atomic E-state index is 0.0359. The van der Waals surface area contributed by atoms with E-state index in [0.29, 0.717) is 6.61 Å². The number of amides is 1. The van der Waals surface area contributed by atoms with Gasteiger partial charge >= 0.3 is 5.97 Å². The van der Waals surface area contributed by atoms with Gasteiger partial charge in [0, 0.05) is 5.69 Å². The number of anilines is 1. The summed E-state index contributed by atoms with van der Waals surface area (Å²) in [4.78, 5) is 25.2. The monoisotopic (exact) mass is 325 g/mol. The molecule has 102 valence electrons. The Labute approximate surface area is 120 Å². The number of carbonyl (C=O) groups is 2. The van der Waals surface area contributed by atoms with E-state index in [-0.39, 0.29) is 23.2 Å². The predicted molar refractivity (Wildman–Crippen MR) is 76.5 cm³/mol. The lowest BCUT2D eigenvalue weighted by Crippen LogP contribution is -2.40. The van der Waals surface area contributed by atoms with Crippen LogP contribution in [0.2, 0.25) is 0 Å². The summed E-state index contributed by atoms with van der Waals surface area (Å²) in [6, 6.07) is 7.68. The van der Waals surface area contributed by atoms with E-state index in [2.05, 4.69) is 15.9 Å². The van der Waals surface area contributed by atoms with Crippen LogP contribution in [0, 0.1) is 0 Å². The average molecular weight is 326 g/mol. The first kappa shape index (κ1) is 14.1. The molecule has 0 fully saturated rings. The predicted octanol–water partition coefficient (Wildman–Crippen LogP) is 2.29. The number of benzene rings is 1. The summed E-state index contributed by atoms with van der Waals surface area (Å²) in [5.74, 6) is -0.467. The zero-order valence-electron chi connectivity index (χ0n) is 10.8. The highest BCUT2D eigenvalue weighted by atomic mass is 79.9. The van der Waals surface area contributed by atoms with Crippen LogP contribution >= 0.6 is 15.9 Å². The van der Waals surface area contributed by atoms with Crippen LogP contribution in [-0.4, -0.2) is 29.9 Å². The zero-order chi connectivity index (χ0) is 13.8. The molecule has 0 aromatic heterocycles.